The van der Waals surface area contributed by atoms with E-state index in [1.165, 1.54) is 0 Å². The number of rotatable bonds is 14. The topological polar surface area (TPSA) is 191 Å². The quantitative estimate of drug-likeness (QED) is 0.208. The molecule has 1 aromatic rings. The first-order chi connectivity index (χ1) is 14.2. The van der Waals surface area contributed by atoms with Gasteiger partial charge in [0, 0.05) is 6.42 Å². The molecular formula is C20H31N5O5. The van der Waals surface area contributed by atoms with Crippen LogP contribution >= 0.6 is 0 Å². The third-order valence-electron chi connectivity index (χ3n) is 4.51. The lowest BCUT2D eigenvalue weighted by Crippen LogP contribution is -2.54. The van der Waals surface area contributed by atoms with Crippen LogP contribution in [0.25, 0.3) is 0 Å². The van der Waals surface area contributed by atoms with Crippen molar-refractivity contribution in [2.75, 3.05) is 6.54 Å². The lowest BCUT2D eigenvalue weighted by Gasteiger charge is -2.23. The molecule has 0 spiro atoms. The highest BCUT2D eigenvalue weighted by atomic mass is 16.4. The van der Waals surface area contributed by atoms with Gasteiger partial charge >= 0.3 is 5.97 Å². The lowest BCUT2D eigenvalue weighted by atomic mass is 10.0. The van der Waals surface area contributed by atoms with Crippen LogP contribution in [-0.2, 0) is 25.6 Å². The monoisotopic (exact) mass is 421 g/mol. The molecule has 0 saturated heterocycles. The largest absolute Gasteiger partial charge is 0.480 e. The molecule has 10 heteroatoms. The minimum Gasteiger partial charge on any atom is -0.480 e. The molecular weight excluding hydrogens is 390 g/mol. The number of hydrogen-bond donors (Lipinski definition) is 6. The molecule has 0 aliphatic heterocycles. The maximum atomic E-state index is 12.6. The number of carbonyl (C=O) groups is 4. The highest BCUT2D eigenvalue weighted by Crippen LogP contribution is 2.06. The Morgan fingerprint density at radius 3 is 2.13 bits per heavy atom. The van der Waals surface area contributed by atoms with E-state index in [1.54, 1.807) is 0 Å². The summed E-state index contributed by atoms with van der Waals surface area (Å²) in [5.41, 5.74) is 17.4. The van der Waals surface area contributed by atoms with E-state index in [2.05, 4.69) is 10.6 Å². The highest BCUT2D eigenvalue weighted by Gasteiger charge is 2.28. The van der Waals surface area contributed by atoms with Gasteiger partial charge in [-0.25, -0.2) is 4.79 Å². The molecule has 0 aromatic heterocycles. The summed E-state index contributed by atoms with van der Waals surface area (Å²) in [7, 11) is 0. The first-order valence-corrected chi connectivity index (χ1v) is 9.86. The van der Waals surface area contributed by atoms with Gasteiger partial charge in [-0.05, 0) is 44.2 Å². The predicted octanol–water partition coefficient (Wildman–Crippen LogP) is -0.995. The fraction of sp³-hybridized carbons (Fsp3) is 0.500. The van der Waals surface area contributed by atoms with Crippen LogP contribution < -0.4 is 27.8 Å². The second-order valence-corrected chi connectivity index (χ2v) is 7.05. The molecule has 1 rings (SSSR count). The normalized spacial score (nSPS) is 13.7. The number of unbranched alkanes of at least 4 members (excludes halogenated alkanes) is 1. The minimum absolute atomic E-state index is 0.145. The molecule has 166 valence electrons. The van der Waals surface area contributed by atoms with Crippen LogP contribution in [0.15, 0.2) is 30.3 Å². The molecule has 10 nitrogen and oxygen atoms in total. The zero-order valence-electron chi connectivity index (χ0n) is 16.9. The Morgan fingerprint density at radius 1 is 0.933 bits per heavy atom. The summed E-state index contributed by atoms with van der Waals surface area (Å²) >= 11 is 0. The summed E-state index contributed by atoms with van der Waals surface area (Å²) in [5.74, 6) is -3.15. The van der Waals surface area contributed by atoms with Crippen molar-refractivity contribution in [3.05, 3.63) is 35.9 Å². The Hall–Kier alpha value is -2.98. The molecule has 3 amide bonds. The zero-order chi connectivity index (χ0) is 22.5. The van der Waals surface area contributed by atoms with E-state index in [4.69, 9.17) is 17.2 Å². The standard InChI is InChI=1S/C20H31N5O5/c21-11-5-4-8-15(19(28)25-16(20(29)30)9-10-17(23)26)24-18(27)14(22)12-13-6-2-1-3-7-13/h1-3,6-7,14-16H,4-5,8-12,21-22H2,(H2,23,26)(H,24,27)(H,25,28)(H,29,30). The second-order valence-electron chi connectivity index (χ2n) is 7.05. The number of carbonyl (C=O) groups excluding carboxylic acids is 3. The van der Waals surface area contributed by atoms with E-state index in [0.717, 1.165) is 5.56 Å². The van der Waals surface area contributed by atoms with Gasteiger partial charge in [-0.15, -0.1) is 0 Å². The van der Waals surface area contributed by atoms with Crippen LogP contribution in [0.3, 0.4) is 0 Å². The van der Waals surface area contributed by atoms with E-state index >= 15 is 0 Å². The number of aliphatic carboxylic acids is 1. The van der Waals surface area contributed by atoms with E-state index in [1.807, 2.05) is 30.3 Å². The molecule has 0 saturated carbocycles. The molecule has 30 heavy (non-hydrogen) atoms. The van der Waals surface area contributed by atoms with Gasteiger partial charge in [0.1, 0.15) is 12.1 Å². The number of amides is 3. The number of nitrogens with one attached hydrogen (secondary N) is 2. The number of primary amides is 1. The molecule has 9 N–H and O–H groups in total. The Morgan fingerprint density at radius 2 is 1.57 bits per heavy atom. The predicted molar refractivity (Wildman–Crippen MR) is 111 cm³/mol. The fourth-order valence-corrected chi connectivity index (χ4v) is 2.82. The van der Waals surface area contributed by atoms with Crippen LogP contribution in [0, 0.1) is 0 Å². The van der Waals surface area contributed by atoms with E-state index in [9.17, 15) is 24.3 Å². The van der Waals surface area contributed by atoms with Gasteiger partial charge in [-0.1, -0.05) is 30.3 Å². The van der Waals surface area contributed by atoms with E-state index < -0.39 is 41.8 Å². The lowest BCUT2D eigenvalue weighted by molar-refractivity contribution is -0.142. The molecule has 0 aliphatic carbocycles. The third kappa shape index (κ3) is 9.48. The molecule has 0 heterocycles. The average molecular weight is 421 g/mol. The first kappa shape index (κ1) is 25.1. The molecule has 0 radical (unpaired) electrons. The van der Waals surface area contributed by atoms with Crippen LogP contribution in [0.1, 0.15) is 37.7 Å². The van der Waals surface area contributed by atoms with Crippen LogP contribution in [0.2, 0.25) is 0 Å². The number of nitrogens with two attached hydrogens (primary N) is 3. The van der Waals surface area contributed by atoms with Crippen molar-refractivity contribution >= 4 is 23.7 Å². The Kier molecular flexibility index (Phi) is 11.1. The molecule has 3 unspecified atom stereocenters. The van der Waals surface area contributed by atoms with E-state index in [-0.39, 0.29) is 19.3 Å². The van der Waals surface area contributed by atoms with E-state index in [0.29, 0.717) is 25.8 Å². The van der Waals surface area contributed by atoms with Crippen molar-refractivity contribution in [3.63, 3.8) is 0 Å². The van der Waals surface area contributed by atoms with Crippen molar-refractivity contribution in [2.45, 2.75) is 56.7 Å². The van der Waals surface area contributed by atoms with Gasteiger partial charge in [0.15, 0.2) is 0 Å². The van der Waals surface area contributed by atoms with Crippen LogP contribution in [0.4, 0.5) is 0 Å². The third-order valence-corrected chi connectivity index (χ3v) is 4.51. The van der Waals surface area contributed by atoms with Crippen LogP contribution in [0.5, 0.6) is 0 Å². The highest BCUT2D eigenvalue weighted by molar-refractivity contribution is 5.92. The molecule has 1 aromatic carbocycles. The maximum Gasteiger partial charge on any atom is 0.326 e. The number of benzene rings is 1. The van der Waals surface area contributed by atoms with Crippen molar-refractivity contribution in [2.24, 2.45) is 17.2 Å². The Bertz CT molecular complexity index is 713. The SMILES string of the molecule is NCCCCC(NC(=O)C(N)Cc1ccccc1)C(=O)NC(CCC(N)=O)C(=O)O. The van der Waals surface area contributed by atoms with Gasteiger partial charge in [0.25, 0.3) is 0 Å². The van der Waals surface area contributed by atoms with Crippen molar-refractivity contribution in [3.8, 4) is 0 Å². The first-order valence-electron chi connectivity index (χ1n) is 9.86. The summed E-state index contributed by atoms with van der Waals surface area (Å²) in [6, 6.07) is 6.07. The van der Waals surface area contributed by atoms with Crippen molar-refractivity contribution in [1.82, 2.24) is 10.6 Å². The van der Waals surface area contributed by atoms with Gasteiger partial charge in [-0.2, -0.15) is 0 Å². The zero-order valence-corrected chi connectivity index (χ0v) is 16.9. The Labute approximate surface area is 175 Å². The minimum atomic E-state index is -1.29. The van der Waals surface area contributed by atoms with Gasteiger partial charge in [0.2, 0.25) is 17.7 Å². The summed E-state index contributed by atoms with van der Waals surface area (Å²) in [5, 5.41) is 14.2. The Balaban J connectivity index is 2.77. The van der Waals surface area contributed by atoms with Crippen molar-refractivity contribution in [1.29, 1.82) is 0 Å². The smallest absolute Gasteiger partial charge is 0.326 e. The van der Waals surface area contributed by atoms with Crippen molar-refractivity contribution < 1.29 is 24.3 Å². The molecule has 0 bridgehead atoms. The number of carboxylic acids is 1. The van der Waals surface area contributed by atoms with Gasteiger partial charge in [-0.3, -0.25) is 14.4 Å². The number of carboxylic acid groups (broad SMARTS) is 1. The molecule has 0 aliphatic rings. The molecule has 3 atom stereocenters. The summed E-state index contributed by atoms with van der Waals surface area (Å²) < 4.78 is 0. The number of hydrogen-bond acceptors (Lipinski definition) is 6. The van der Waals surface area contributed by atoms with Gasteiger partial charge in [0.05, 0.1) is 6.04 Å². The fourth-order valence-electron chi connectivity index (χ4n) is 2.82. The average Bonchev–Trinajstić information content (AvgIpc) is 2.70. The molecule has 0 fully saturated rings. The second kappa shape index (κ2) is 13.3. The summed E-state index contributed by atoms with van der Waals surface area (Å²) in [4.78, 5) is 47.4. The maximum absolute atomic E-state index is 12.6. The van der Waals surface area contributed by atoms with Gasteiger partial charge < -0.3 is 32.9 Å². The summed E-state index contributed by atoms with van der Waals surface area (Å²) in [6.07, 6.45) is 1.42. The van der Waals surface area contributed by atoms with Crippen LogP contribution in [-0.4, -0.2) is 53.5 Å². The summed E-state index contributed by atoms with van der Waals surface area (Å²) in [6.45, 7) is 0.423.